The predicted molar refractivity (Wildman–Crippen MR) is 70.2 cm³/mol. The average Bonchev–Trinajstić information content (AvgIpc) is 2.75. The summed E-state index contributed by atoms with van der Waals surface area (Å²) in [7, 11) is 0. The summed E-state index contributed by atoms with van der Waals surface area (Å²) in [5.74, 6) is -7.24. The van der Waals surface area contributed by atoms with Gasteiger partial charge in [-0.3, -0.25) is 0 Å². The highest BCUT2D eigenvalue weighted by Crippen LogP contribution is 2.52. The molecule has 1 saturated heterocycles. The van der Waals surface area contributed by atoms with Gasteiger partial charge in [-0.25, -0.2) is 17.6 Å². The SMILES string of the molecule is CCC1CCC(C2Cc3ccc(F)c(F)c3C2(F)F)CO1. The van der Waals surface area contributed by atoms with Crippen LogP contribution in [0.1, 0.15) is 37.3 Å². The third-order valence-corrected chi connectivity index (χ3v) is 4.85. The highest BCUT2D eigenvalue weighted by molar-refractivity contribution is 5.39. The molecular weight excluding hydrogens is 284 g/mol. The molecule has 0 radical (unpaired) electrons. The van der Waals surface area contributed by atoms with Gasteiger partial charge in [0, 0.05) is 5.92 Å². The first-order chi connectivity index (χ1) is 9.95. The van der Waals surface area contributed by atoms with Gasteiger partial charge < -0.3 is 4.74 Å². The van der Waals surface area contributed by atoms with Crippen LogP contribution in [-0.2, 0) is 17.1 Å². The van der Waals surface area contributed by atoms with Gasteiger partial charge in [0.25, 0.3) is 5.92 Å². The van der Waals surface area contributed by atoms with Crippen molar-refractivity contribution in [3.63, 3.8) is 0 Å². The number of rotatable bonds is 2. The molecule has 1 fully saturated rings. The van der Waals surface area contributed by atoms with E-state index in [1.165, 1.54) is 6.07 Å². The van der Waals surface area contributed by atoms with Crippen molar-refractivity contribution in [3.8, 4) is 0 Å². The highest BCUT2D eigenvalue weighted by atomic mass is 19.3. The van der Waals surface area contributed by atoms with Crippen LogP contribution in [-0.4, -0.2) is 12.7 Å². The monoisotopic (exact) mass is 302 g/mol. The van der Waals surface area contributed by atoms with E-state index < -0.39 is 29.0 Å². The topological polar surface area (TPSA) is 9.23 Å². The van der Waals surface area contributed by atoms with Crippen molar-refractivity contribution in [3.05, 3.63) is 34.9 Å². The lowest BCUT2D eigenvalue weighted by atomic mass is 9.82. The summed E-state index contributed by atoms with van der Waals surface area (Å²) in [6.07, 6.45) is 2.49. The van der Waals surface area contributed by atoms with Crippen molar-refractivity contribution in [2.45, 2.75) is 44.6 Å². The Bertz CT molecular complexity index is 535. The van der Waals surface area contributed by atoms with Gasteiger partial charge in [-0.15, -0.1) is 0 Å². The maximum absolute atomic E-state index is 14.5. The van der Waals surface area contributed by atoms with Crippen LogP contribution in [0.5, 0.6) is 0 Å². The number of halogens is 4. The van der Waals surface area contributed by atoms with Gasteiger partial charge >= 0.3 is 0 Å². The number of alkyl halides is 2. The minimum absolute atomic E-state index is 0.0877. The molecular formula is C16H18F4O. The highest BCUT2D eigenvalue weighted by Gasteiger charge is 2.54. The van der Waals surface area contributed by atoms with Crippen LogP contribution in [0.4, 0.5) is 17.6 Å². The van der Waals surface area contributed by atoms with E-state index in [9.17, 15) is 17.6 Å². The van der Waals surface area contributed by atoms with E-state index in [-0.39, 0.29) is 30.6 Å². The molecule has 1 aliphatic carbocycles. The van der Waals surface area contributed by atoms with Crippen molar-refractivity contribution >= 4 is 0 Å². The molecule has 0 spiro atoms. The third-order valence-electron chi connectivity index (χ3n) is 4.85. The fourth-order valence-electron chi connectivity index (χ4n) is 3.60. The van der Waals surface area contributed by atoms with Crippen molar-refractivity contribution in [1.29, 1.82) is 0 Å². The molecule has 1 aromatic rings. The van der Waals surface area contributed by atoms with Crippen molar-refractivity contribution in [1.82, 2.24) is 0 Å². The zero-order valence-corrected chi connectivity index (χ0v) is 11.8. The van der Waals surface area contributed by atoms with Crippen molar-refractivity contribution in [2.24, 2.45) is 11.8 Å². The second kappa shape index (κ2) is 5.27. The van der Waals surface area contributed by atoms with E-state index in [2.05, 4.69) is 0 Å². The summed E-state index contributed by atoms with van der Waals surface area (Å²) >= 11 is 0. The first-order valence-electron chi connectivity index (χ1n) is 7.41. The van der Waals surface area contributed by atoms with E-state index in [0.29, 0.717) is 6.42 Å². The Hall–Kier alpha value is -1.10. The van der Waals surface area contributed by atoms with Crippen LogP contribution in [0.2, 0.25) is 0 Å². The lowest BCUT2D eigenvalue weighted by Crippen LogP contribution is -2.36. The number of ether oxygens (including phenoxy) is 1. The van der Waals surface area contributed by atoms with Crippen LogP contribution >= 0.6 is 0 Å². The smallest absolute Gasteiger partial charge is 0.279 e. The van der Waals surface area contributed by atoms with Crippen LogP contribution in [0.3, 0.4) is 0 Å². The summed E-state index contributed by atoms with van der Waals surface area (Å²) in [5, 5.41) is 0. The Balaban J connectivity index is 1.86. The first-order valence-corrected chi connectivity index (χ1v) is 7.41. The van der Waals surface area contributed by atoms with E-state index in [1.54, 1.807) is 0 Å². The molecule has 1 aromatic carbocycles. The van der Waals surface area contributed by atoms with Crippen LogP contribution in [0, 0.1) is 23.5 Å². The molecule has 5 heteroatoms. The average molecular weight is 302 g/mol. The summed E-state index contributed by atoms with van der Waals surface area (Å²) < 4.78 is 61.7. The molecule has 21 heavy (non-hydrogen) atoms. The van der Waals surface area contributed by atoms with Gasteiger partial charge in [0.15, 0.2) is 11.6 Å². The Morgan fingerprint density at radius 2 is 2.00 bits per heavy atom. The molecule has 0 bridgehead atoms. The lowest BCUT2D eigenvalue weighted by molar-refractivity contribution is -0.115. The van der Waals surface area contributed by atoms with E-state index in [0.717, 1.165) is 18.9 Å². The normalized spacial score (nSPS) is 31.2. The standard InChI is InChI=1S/C16H18F4O/c1-2-11-5-3-10(8-21-11)12-7-9-4-6-13(17)15(18)14(9)16(12,19)20/h4,6,10-12H,2-3,5,7-8H2,1H3. The second-order valence-corrected chi connectivity index (χ2v) is 6.03. The van der Waals surface area contributed by atoms with E-state index in [4.69, 9.17) is 4.74 Å². The van der Waals surface area contributed by atoms with E-state index >= 15 is 0 Å². The van der Waals surface area contributed by atoms with Crippen molar-refractivity contribution < 1.29 is 22.3 Å². The number of fused-ring (bicyclic) bond motifs is 1. The molecule has 1 aliphatic heterocycles. The molecule has 3 rings (SSSR count). The third kappa shape index (κ3) is 2.35. The van der Waals surface area contributed by atoms with Gasteiger partial charge in [-0.05, 0) is 43.2 Å². The Morgan fingerprint density at radius 3 is 2.62 bits per heavy atom. The Morgan fingerprint density at radius 1 is 1.24 bits per heavy atom. The Kier molecular flexibility index (Phi) is 3.72. The molecule has 0 aromatic heterocycles. The largest absolute Gasteiger partial charge is 0.378 e. The molecule has 1 heterocycles. The van der Waals surface area contributed by atoms with Gasteiger partial charge in [0.1, 0.15) is 0 Å². The second-order valence-electron chi connectivity index (χ2n) is 6.03. The quantitative estimate of drug-likeness (QED) is 0.734. The maximum Gasteiger partial charge on any atom is 0.279 e. The maximum atomic E-state index is 14.5. The zero-order chi connectivity index (χ0) is 15.2. The summed E-state index contributed by atoms with van der Waals surface area (Å²) in [5.41, 5.74) is -0.522. The molecule has 3 unspecified atom stereocenters. The van der Waals surface area contributed by atoms with Crippen molar-refractivity contribution in [2.75, 3.05) is 6.61 Å². The summed E-state index contributed by atoms with van der Waals surface area (Å²) in [6.45, 7) is 2.28. The van der Waals surface area contributed by atoms with Gasteiger partial charge in [0.05, 0.1) is 18.3 Å². The fraction of sp³-hybridized carbons (Fsp3) is 0.625. The van der Waals surface area contributed by atoms with Crippen LogP contribution in [0.15, 0.2) is 12.1 Å². The molecule has 2 aliphatic rings. The molecule has 0 N–H and O–H groups in total. The van der Waals surface area contributed by atoms with E-state index in [1.807, 2.05) is 6.92 Å². The summed E-state index contributed by atoms with van der Waals surface area (Å²) in [6, 6.07) is 2.21. The molecule has 1 nitrogen and oxygen atoms in total. The van der Waals surface area contributed by atoms with Gasteiger partial charge in [-0.1, -0.05) is 13.0 Å². The Labute approximate surface area is 121 Å². The molecule has 3 atom stereocenters. The first kappa shape index (κ1) is 14.8. The number of benzene rings is 1. The lowest BCUT2D eigenvalue weighted by Gasteiger charge is -2.34. The predicted octanol–water partition coefficient (Wildman–Crippen LogP) is 4.43. The minimum Gasteiger partial charge on any atom is -0.378 e. The molecule has 0 amide bonds. The molecule has 0 saturated carbocycles. The number of hydrogen-bond acceptors (Lipinski definition) is 1. The number of hydrogen-bond donors (Lipinski definition) is 0. The van der Waals surface area contributed by atoms with Gasteiger partial charge in [0.2, 0.25) is 0 Å². The van der Waals surface area contributed by atoms with Crippen LogP contribution < -0.4 is 0 Å². The summed E-state index contributed by atoms with van der Waals surface area (Å²) in [4.78, 5) is 0. The zero-order valence-electron chi connectivity index (χ0n) is 11.8. The van der Waals surface area contributed by atoms with Gasteiger partial charge in [-0.2, -0.15) is 0 Å². The minimum atomic E-state index is -3.32. The van der Waals surface area contributed by atoms with Crippen LogP contribution in [0.25, 0.3) is 0 Å². The molecule has 116 valence electrons. The fourth-order valence-corrected chi connectivity index (χ4v) is 3.60.